The Morgan fingerprint density at radius 1 is 1.59 bits per heavy atom. The van der Waals surface area contributed by atoms with Gasteiger partial charge >= 0.3 is 5.69 Å². The lowest BCUT2D eigenvalue weighted by atomic mass is 10.2. The lowest BCUT2D eigenvalue weighted by molar-refractivity contribution is -0.383. The van der Waals surface area contributed by atoms with E-state index in [1.807, 2.05) is 4.90 Å². The summed E-state index contributed by atoms with van der Waals surface area (Å²) in [7, 11) is 1.62. The fourth-order valence-electron chi connectivity index (χ4n) is 2.08. The van der Waals surface area contributed by atoms with Crippen LogP contribution in [0.5, 0.6) is 0 Å². The molecule has 7 nitrogen and oxygen atoms in total. The van der Waals surface area contributed by atoms with E-state index in [1.54, 1.807) is 7.05 Å². The molecule has 0 spiro atoms. The van der Waals surface area contributed by atoms with Crippen LogP contribution in [0.25, 0.3) is 0 Å². The lowest BCUT2D eigenvalue weighted by Crippen LogP contribution is -2.22. The van der Waals surface area contributed by atoms with Gasteiger partial charge < -0.3 is 10.2 Å². The molecule has 1 fully saturated rings. The van der Waals surface area contributed by atoms with Crippen molar-refractivity contribution >= 4 is 17.3 Å². The number of nitrogens with zero attached hydrogens (tertiary/aromatic N) is 4. The van der Waals surface area contributed by atoms with Crippen molar-refractivity contribution in [1.82, 2.24) is 9.97 Å². The molecule has 1 aromatic rings. The molecule has 1 saturated heterocycles. The first-order valence-corrected chi connectivity index (χ1v) is 5.55. The molecule has 0 bridgehead atoms. The van der Waals surface area contributed by atoms with Crippen LogP contribution in [0.1, 0.15) is 13.3 Å². The maximum Gasteiger partial charge on any atom is 0.353 e. The summed E-state index contributed by atoms with van der Waals surface area (Å²) in [5.41, 5.74) is -0.0379. The van der Waals surface area contributed by atoms with Gasteiger partial charge in [0.15, 0.2) is 0 Å². The highest BCUT2D eigenvalue weighted by Gasteiger charge is 2.29. The molecular formula is C10H15N5O2. The van der Waals surface area contributed by atoms with Crippen LogP contribution in [0.2, 0.25) is 0 Å². The SMILES string of the molecule is CNc1ncnc(N2CCC(C)C2)c1[N+](=O)[O-]. The third-order valence-corrected chi connectivity index (χ3v) is 2.95. The predicted molar refractivity (Wildman–Crippen MR) is 64.2 cm³/mol. The van der Waals surface area contributed by atoms with Gasteiger partial charge in [-0.2, -0.15) is 0 Å². The molecule has 17 heavy (non-hydrogen) atoms. The predicted octanol–water partition coefficient (Wildman–Crippen LogP) is 1.27. The first kappa shape index (κ1) is 11.6. The zero-order valence-electron chi connectivity index (χ0n) is 9.88. The number of aromatic nitrogens is 2. The van der Waals surface area contributed by atoms with E-state index >= 15 is 0 Å². The minimum absolute atomic E-state index is 0.0379. The Bertz CT molecular complexity index is 437. The van der Waals surface area contributed by atoms with E-state index in [-0.39, 0.29) is 11.5 Å². The van der Waals surface area contributed by atoms with E-state index < -0.39 is 4.92 Å². The lowest BCUT2D eigenvalue weighted by Gasteiger charge is -2.17. The van der Waals surface area contributed by atoms with E-state index in [4.69, 9.17) is 0 Å². The molecule has 0 radical (unpaired) electrons. The van der Waals surface area contributed by atoms with E-state index in [1.165, 1.54) is 6.33 Å². The Hall–Kier alpha value is -1.92. The normalized spacial score (nSPS) is 19.4. The van der Waals surface area contributed by atoms with Crippen LogP contribution in [-0.2, 0) is 0 Å². The van der Waals surface area contributed by atoms with Gasteiger partial charge in [-0.05, 0) is 12.3 Å². The maximum atomic E-state index is 11.1. The minimum Gasteiger partial charge on any atom is -0.367 e. The van der Waals surface area contributed by atoms with Gasteiger partial charge in [-0.1, -0.05) is 6.92 Å². The fraction of sp³-hybridized carbons (Fsp3) is 0.600. The van der Waals surface area contributed by atoms with Gasteiger partial charge in [-0.25, -0.2) is 9.97 Å². The highest BCUT2D eigenvalue weighted by atomic mass is 16.6. The number of hydrogen-bond donors (Lipinski definition) is 1. The van der Waals surface area contributed by atoms with Crippen LogP contribution < -0.4 is 10.2 Å². The maximum absolute atomic E-state index is 11.1. The Balaban J connectivity index is 2.42. The molecule has 1 aromatic heterocycles. The van der Waals surface area contributed by atoms with Crippen LogP contribution in [0.3, 0.4) is 0 Å². The molecule has 1 aliphatic rings. The second-order valence-corrected chi connectivity index (χ2v) is 4.24. The summed E-state index contributed by atoms with van der Waals surface area (Å²) in [5, 5.41) is 13.8. The van der Waals surface area contributed by atoms with Crippen LogP contribution in [-0.4, -0.2) is 35.0 Å². The Kier molecular flexibility index (Phi) is 3.08. The summed E-state index contributed by atoms with van der Waals surface area (Å²) < 4.78 is 0. The highest BCUT2D eigenvalue weighted by molar-refractivity contribution is 5.70. The molecule has 0 aliphatic carbocycles. The first-order valence-electron chi connectivity index (χ1n) is 5.55. The first-order chi connectivity index (χ1) is 8.13. The molecule has 0 amide bonds. The van der Waals surface area contributed by atoms with Gasteiger partial charge in [0.25, 0.3) is 0 Å². The van der Waals surface area contributed by atoms with Gasteiger partial charge in [0.2, 0.25) is 11.6 Å². The Morgan fingerprint density at radius 3 is 2.88 bits per heavy atom. The van der Waals surface area contributed by atoms with Crippen LogP contribution >= 0.6 is 0 Å². The molecule has 0 aromatic carbocycles. The van der Waals surface area contributed by atoms with E-state index in [0.29, 0.717) is 11.7 Å². The number of anilines is 2. The third kappa shape index (κ3) is 2.13. The quantitative estimate of drug-likeness (QED) is 0.629. The Morgan fingerprint density at radius 2 is 2.35 bits per heavy atom. The topological polar surface area (TPSA) is 84.2 Å². The second-order valence-electron chi connectivity index (χ2n) is 4.24. The monoisotopic (exact) mass is 237 g/mol. The molecule has 1 atom stereocenters. The molecule has 2 rings (SSSR count). The fourth-order valence-corrected chi connectivity index (χ4v) is 2.08. The number of hydrogen-bond acceptors (Lipinski definition) is 6. The minimum atomic E-state index is -0.426. The van der Waals surface area contributed by atoms with Gasteiger partial charge in [-0.3, -0.25) is 10.1 Å². The van der Waals surface area contributed by atoms with Gasteiger partial charge in [0, 0.05) is 20.1 Å². The van der Waals surface area contributed by atoms with Crippen molar-refractivity contribution in [2.45, 2.75) is 13.3 Å². The van der Waals surface area contributed by atoms with E-state index in [2.05, 4.69) is 22.2 Å². The average molecular weight is 237 g/mol. The van der Waals surface area contributed by atoms with Crippen molar-refractivity contribution in [2.24, 2.45) is 5.92 Å². The smallest absolute Gasteiger partial charge is 0.353 e. The van der Waals surface area contributed by atoms with Crippen molar-refractivity contribution in [1.29, 1.82) is 0 Å². The largest absolute Gasteiger partial charge is 0.367 e. The highest BCUT2D eigenvalue weighted by Crippen LogP contribution is 2.33. The molecule has 92 valence electrons. The molecule has 2 heterocycles. The van der Waals surface area contributed by atoms with Gasteiger partial charge in [0.05, 0.1) is 4.92 Å². The molecular weight excluding hydrogens is 222 g/mol. The molecule has 7 heteroatoms. The summed E-state index contributed by atoms with van der Waals surface area (Å²) in [6, 6.07) is 0. The van der Waals surface area contributed by atoms with Crippen LogP contribution in [0.15, 0.2) is 6.33 Å². The number of nitro groups is 1. The molecule has 1 unspecified atom stereocenters. The van der Waals surface area contributed by atoms with Gasteiger partial charge in [-0.15, -0.1) is 0 Å². The molecule has 0 saturated carbocycles. The summed E-state index contributed by atoms with van der Waals surface area (Å²) in [4.78, 5) is 20.6. The molecule has 1 aliphatic heterocycles. The standard InChI is InChI=1S/C10H15N5O2/c1-7-3-4-14(5-7)10-8(15(16)17)9(11-2)12-6-13-10/h6-7H,3-5H2,1-2H3,(H,11,12,13). The van der Waals surface area contributed by atoms with Crippen LogP contribution in [0.4, 0.5) is 17.3 Å². The summed E-state index contributed by atoms with van der Waals surface area (Å²) in [6.45, 7) is 3.75. The van der Waals surface area contributed by atoms with Crippen molar-refractivity contribution < 1.29 is 4.92 Å². The van der Waals surface area contributed by atoms with Crippen molar-refractivity contribution in [2.75, 3.05) is 30.4 Å². The average Bonchev–Trinajstić information content (AvgIpc) is 2.74. The van der Waals surface area contributed by atoms with Crippen molar-refractivity contribution in [3.8, 4) is 0 Å². The number of rotatable bonds is 3. The van der Waals surface area contributed by atoms with Crippen molar-refractivity contribution in [3.63, 3.8) is 0 Å². The number of nitrogens with one attached hydrogen (secondary N) is 1. The Labute approximate surface area is 99.0 Å². The molecule has 1 N–H and O–H groups in total. The van der Waals surface area contributed by atoms with Crippen LogP contribution in [0, 0.1) is 16.0 Å². The summed E-state index contributed by atoms with van der Waals surface area (Å²) >= 11 is 0. The second kappa shape index (κ2) is 4.52. The zero-order chi connectivity index (χ0) is 12.4. The zero-order valence-corrected chi connectivity index (χ0v) is 9.88. The van der Waals surface area contributed by atoms with Gasteiger partial charge in [0.1, 0.15) is 6.33 Å². The van der Waals surface area contributed by atoms with E-state index in [0.717, 1.165) is 19.5 Å². The third-order valence-electron chi connectivity index (χ3n) is 2.95. The summed E-state index contributed by atoms with van der Waals surface area (Å²) in [5.74, 6) is 1.22. The van der Waals surface area contributed by atoms with E-state index in [9.17, 15) is 10.1 Å². The summed E-state index contributed by atoms with van der Waals surface area (Å²) in [6.07, 6.45) is 2.40. The van der Waals surface area contributed by atoms with Crippen molar-refractivity contribution in [3.05, 3.63) is 16.4 Å².